The van der Waals surface area contributed by atoms with Crippen molar-refractivity contribution in [1.82, 2.24) is 4.90 Å². The average Bonchev–Trinajstić information content (AvgIpc) is 2.04. The Morgan fingerprint density at radius 2 is 1.71 bits per heavy atom. The first-order chi connectivity index (χ1) is 6.32. The molecule has 0 unspecified atom stereocenters. The normalized spacial score (nSPS) is 12.9. The first-order valence-corrected chi connectivity index (χ1v) is 5.50. The molecule has 82 valence electrons. The number of nitrogens with zero attached hydrogens (tertiary/aromatic N) is 1. The van der Waals surface area contributed by atoms with Crippen LogP contribution in [0.15, 0.2) is 11.8 Å². The van der Waals surface area contributed by atoms with Crippen molar-refractivity contribution in [2.45, 2.75) is 24.6 Å². The number of carbonyl (C=O) groups is 1. The van der Waals surface area contributed by atoms with Gasteiger partial charge in [0, 0.05) is 24.9 Å². The monoisotopic (exact) mass is 257 g/mol. The predicted molar refractivity (Wildman–Crippen MR) is 62.0 cm³/mol. The van der Waals surface area contributed by atoms with Gasteiger partial charge in [0.15, 0.2) is 0 Å². The molecule has 0 bridgehead atoms. The molecule has 14 heavy (non-hydrogen) atoms. The Hall–Kier alpha value is 0.0800. The molecule has 0 N–H and O–H groups in total. The zero-order valence-electron chi connectivity index (χ0n) is 8.48. The van der Waals surface area contributed by atoms with Gasteiger partial charge < -0.3 is 4.90 Å². The van der Waals surface area contributed by atoms with Crippen LogP contribution < -0.4 is 0 Å². The summed E-state index contributed by atoms with van der Waals surface area (Å²) in [6.07, 6.45) is 1.36. The molecule has 5 heteroatoms. The summed E-state index contributed by atoms with van der Waals surface area (Å²) in [5.41, 5.74) is 0.811. The van der Waals surface area contributed by atoms with Gasteiger partial charge in [0.05, 0.1) is 0 Å². The maximum Gasteiger partial charge on any atom is 0.252 e. The summed E-state index contributed by atoms with van der Waals surface area (Å²) < 4.78 is -1.85. The molecule has 0 aliphatic heterocycles. The van der Waals surface area contributed by atoms with E-state index in [2.05, 4.69) is 0 Å². The third-order valence-corrected chi connectivity index (χ3v) is 2.44. The summed E-state index contributed by atoms with van der Waals surface area (Å²) >= 11 is 16.3. The number of allylic oxidation sites excluding steroid dienone is 2. The predicted octanol–water partition coefficient (Wildman–Crippen LogP) is 3.17. The Labute approximate surface area is 99.8 Å². The number of hydrogen-bond donors (Lipinski definition) is 0. The fourth-order valence-corrected chi connectivity index (χ4v) is 1.25. The summed E-state index contributed by atoms with van der Waals surface area (Å²) in [4.78, 5) is 13.3. The number of halogens is 3. The van der Waals surface area contributed by atoms with Crippen LogP contribution in [0.4, 0.5) is 0 Å². The Morgan fingerprint density at radius 1 is 1.29 bits per heavy atom. The SMILES string of the molecule is CCN(CC)/C(C)=C/C(=O)C(Cl)(Cl)Cl. The second-order valence-corrected chi connectivity index (χ2v) is 5.10. The van der Waals surface area contributed by atoms with Gasteiger partial charge in [-0.2, -0.15) is 0 Å². The smallest absolute Gasteiger partial charge is 0.252 e. The number of ketones is 1. The largest absolute Gasteiger partial charge is 0.376 e. The molecule has 0 saturated carbocycles. The molecule has 2 nitrogen and oxygen atoms in total. The van der Waals surface area contributed by atoms with Crippen molar-refractivity contribution in [2.75, 3.05) is 13.1 Å². The maximum atomic E-state index is 11.3. The van der Waals surface area contributed by atoms with Crippen LogP contribution in [0, 0.1) is 0 Å². The lowest BCUT2D eigenvalue weighted by Crippen LogP contribution is -2.24. The molecule has 0 spiro atoms. The lowest BCUT2D eigenvalue weighted by atomic mass is 10.3. The molecule has 0 fully saturated rings. The van der Waals surface area contributed by atoms with Crippen LogP contribution in [-0.4, -0.2) is 27.6 Å². The van der Waals surface area contributed by atoms with E-state index < -0.39 is 9.58 Å². The summed E-state index contributed by atoms with van der Waals surface area (Å²) in [6.45, 7) is 7.47. The zero-order valence-corrected chi connectivity index (χ0v) is 10.7. The van der Waals surface area contributed by atoms with Crippen LogP contribution in [-0.2, 0) is 4.79 Å². The molecule has 0 aliphatic carbocycles. The molecule has 0 rings (SSSR count). The van der Waals surface area contributed by atoms with E-state index in [0.29, 0.717) is 0 Å². The summed E-state index contributed by atoms with van der Waals surface area (Å²) in [7, 11) is 0. The van der Waals surface area contributed by atoms with E-state index in [1.165, 1.54) is 6.08 Å². The number of hydrogen-bond acceptors (Lipinski definition) is 2. The van der Waals surface area contributed by atoms with E-state index in [4.69, 9.17) is 34.8 Å². The minimum absolute atomic E-state index is 0.507. The lowest BCUT2D eigenvalue weighted by molar-refractivity contribution is -0.113. The lowest BCUT2D eigenvalue weighted by Gasteiger charge is -2.21. The van der Waals surface area contributed by atoms with Crippen molar-refractivity contribution in [2.24, 2.45) is 0 Å². The van der Waals surface area contributed by atoms with Crippen LogP contribution in [0.1, 0.15) is 20.8 Å². The third kappa shape index (κ3) is 4.54. The van der Waals surface area contributed by atoms with E-state index in [9.17, 15) is 4.79 Å². The Balaban J connectivity index is 4.59. The highest BCUT2D eigenvalue weighted by molar-refractivity contribution is 6.77. The van der Waals surface area contributed by atoms with E-state index in [0.717, 1.165) is 18.8 Å². The molecule has 0 aromatic carbocycles. The second-order valence-electron chi connectivity index (χ2n) is 2.82. The van der Waals surface area contributed by atoms with Gasteiger partial charge in [0.1, 0.15) is 0 Å². The highest BCUT2D eigenvalue weighted by Crippen LogP contribution is 2.28. The minimum atomic E-state index is -1.85. The number of rotatable bonds is 4. The molecule has 0 atom stereocenters. The number of alkyl halides is 3. The summed E-state index contributed by atoms with van der Waals surface area (Å²) in [5.74, 6) is -0.507. The highest BCUT2D eigenvalue weighted by atomic mass is 35.6. The first kappa shape index (κ1) is 14.1. The third-order valence-electron chi connectivity index (χ3n) is 1.88. The van der Waals surface area contributed by atoms with E-state index in [1.807, 2.05) is 25.7 Å². The molecular formula is C9H14Cl3NO. The van der Waals surface area contributed by atoms with Crippen molar-refractivity contribution in [3.63, 3.8) is 0 Å². The van der Waals surface area contributed by atoms with Gasteiger partial charge in [0.2, 0.25) is 5.78 Å². The van der Waals surface area contributed by atoms with E-state index >= 15 is 0 Å². The van der Waals surface area contributed by atoms with Crippen molar-refractivity contribution in [3.8, 4) is 0 Å². The second kappa shape index (κ2) is 5.84. The van der Waals surface area contributed by atoms with Gasteiger partial charge in [0.25, 0.3) is 3.79 Å². The number of carbonyl (C=O) groups excluding carboxylic acids is 1. The Kier molecular flexibility index (Phi) is 5.87. The van der Waals surface area contributed by atoms with Crippen molar-refractivity contribution in [1.29, 1.82) is 0 Å². The molecule has 0 amide bonds. The highest BCUT2D eigenvalue weighted by Gasteiger charge is 2.28. The summed E-state index contributed by atoms with van der Waals surface area (Å²) in [5, 5.41) is 0. The van der Waals surface area contributed by atoms with E-state index in [1.54, 1.807) is 0 Å². The fraction of sp³-hybridized carbons (Fsp3) is 0.667. The average molecular weight is 259 g/mol. The van der Waals surface area contributed by atoms with E-state index in [-0.39, 0.29) is 0 Å². The standard InChI is InChI=1S/C9H14Cl3NO/c1-4-13(5-2)7(3)6-8(14)9(10,11)12/h6H,4-5H2,1-3H3/b7-6+. The quantitative estimate of drug-likeness (QED) is 0.570. The van der Waals surface area contributed by atoms with Crippen molar-refractivity contribution in [3.05, 3.63) is 11.8 Å². The van der Waals surface area contributed by atoms with Gasteiger partial charge in [-0.05, 0) is 20.8 Å². The van der Waals surface area contributed by atoms with Crippen molar-refractivity contribution < 1.29 is 4.79 Å². The first-order valence-electron chi connectivity index (χ1n) is 4.37. The molecule has 0 radical (unpaired) electrons. The topological polar surface area (TPSA) is 20.3 Å². The van der Waals surface area contributed by atoms with Gasteiger partial charge in [-0.25, -0.2) is 0 Å². The molecule has 0 aromatic rings. The van der Waals surface area contributed by atoms with Crippen molar-refractivity contribution >= 4 is 40.6 Å². The maximum absolute atomic E-state index is 11.3. The molecular weight excluding hydrogens is 244 g/mol. The summed E-state index contributed by atoms with van der Waals surface area (Å²) in [6, 6.07) is 0. The molecule has 0 aliphatic rings. The van der Waals surface area contributed by atoms with Gasteiger partial charge in [-0.1, -0.05) is 34.8 Å². The van der Waals surface area contributed by atoms with Gasteiger partial charge in [-0.3, -0.25) is 4.79 Å². The van der Waals surface area contributed by atoms with Crippen LogP contribution >= 0.6 is 34.8 Å². The molecule has 0 heterocycles. The van der Waals surface area contributed by atoms with Crippen LogP contribution in [0.2, 0.25) is 0 Å². The Bertz CT molecular complexity index is 229. The Morgan fingerprint density at radius 3 is 2.00 bits per heavy atom. The minimum Gasteiger partial charge on any atom is -0.376 e. The molecule has 0 saturated heterocycles. The molecule has 0 aromatic heterocycles. The van der Waals surface area contributed by atoms with Gasteiger partial charge in [-0.15, -0.1) is 0 Å². The van der Waals surface area contributed by atoms with Gasteiger partial charge >= 0.3 is 0 Å². The van der Waals surface area contributed by atoms with Crippen LogP contribution in [0.3, 0.4) is 0 Å². The zero-order chi connectivity index (χ0) is 11.4. The van der Waals surface area contributed by atoms with Crippen LogP contribution in [0.5, 0.6) is 0 Å². The fourth-order valence-electron chi connectivity index (χ4n) is 1.09. The van der Waals surface area contributed by atoms with Crippen LogP contribution in [0.25, 0.3) is 0 Å².